The molecule has 0 saturated carbocycles. The SMILES string of the molecule is COc1ccc(C(=O)NCC(c2ccc(OC)c(OC)c2)C(C)C)cc1OC. The number of hydrogen-bond acceptors (Lipinski definition) is 5. The van der Waals surface area contributed by atoms with Gasteiger partial charge in [-0.15, -0.1) is 0 Å². The van der Waals surface area contributed by atoms with E-state index in [1.165, 1.54) is 0 Å². The maximum atomic E-state index is 12.6. The first-order chi connectivity index (χ1) is 13.4. The summed E-state index contributed by atoms with van der Waals surface area (Å²) in [7, 11) is 6.34. The highest BCUT2D eigenvalue weighted by Crippen LogP contribution is 2.33. The second-order valence-corrected chi connectivity index (χ2v) is 6.74. The van der Waals surface area contributed by atoms with Gasteiger partial charge in [-0.3, -0.25) is 4.79 Å². The molecular formula is C22H29NO5. The molecule has 152 valence electrons. The van der Waals surface area contributed by atoms with E-state index < -0.39 is 0 Å². The lowest BCUT2D eigenvalue weighted by Crippen LogP contribution is -2.30. The van der Waals surface area contributed by atoms with Crippen molar-refractivity contribution in [2.24, 2.45) is 5.92 Å². The van der Waals surface area contributed by atoms with Gasteiger partial charge in [0, 0.05) is 18.0 Å². The number of rotatable bonds is 9. The molecule has 6 nitrogen and oxygen atoms in total. The average Bonchev–Trinajstić information content (AvgIpc) is 2.72. The van der Waals surface area contributed by atoms with Gasteiger partial charge in [0.05, 0.1) is 28.4 Å². The maximum Gasteiger partial charge on any atom is 0.251 e. The van der Waals surface area contributed by atoms with Crippen LogP contribution in [0.3, 0.4) is 0 Å². The first-order valence-corrected chi connectivity index (χ1v) is 9.17. The minimum Gasteiger partial charge on any atom is -0.493 e. The zero-order chi connectivity index (χ0) is 20.7. The van der Waals surface area contributed by atoms with Crippen LogP contribution in [0, 0.1) is 5.92 Å². The zero-order valence-corrected chi connectivity index (χ0v) is 17.4. The lowest BCUT2D eigenvalue weighted by molar-refractivity contribution is 0.0948. The molecule has 0 aromatic heterocycles. The minimum absolute atomic E-state index is 0.129. The van der Waals surface area contributed by atoms with Gasteiger partial charge in [-0.05, 0) is 41.8 Å². The summed E-state index contributed by atoms with van der Waals surface area (Å²) < 4.78 is 21.2. The van der Waals surface area contributed by atoms with Crippen LogP contribution in [-0.4, -0.2) is 40.9 Å². The number of carbonyl (C=O) groups excluding carboxylic acids is 1. The van der Waals surface area contributed by atoms with Crippen LogP contribution in [0.2, 0.25) is 0 Å². The number of ether oxygens (including phenoxy) is 4. The molecule has 0 bridgehead atoms. The smallest absolute Gasteiger partial charge is 0.251 e. The van der Waals surface area contributed by atoms with Gasteiger partial charge in [0.1, 0.15) is 0 Å². The first kappa shape index (κ1) is 21.4. The Bertz CT molecular complexity index is 804. The van der Waals surface area contributed by atoms with Crippen molar-refractivity contribution in [3.8, 4) is 23.0 Å². The first-order valence-electron chi connectivity index (χ1n) is 9.17. The van der Waals surface area contributed by atoms with Gasteiger partial charge < -0.3 is 24.3 Å². The second kappa shape index (κ2) is 9.88. The second-order valence-electron chi connectivity index (χ2n) is 6.74. The van der Waals surface area contributed by atoms with Gasteiger partial charge in [-0.25, -0.2) is 0 Å². The van der Waals surface area contributed by atoms with E-state index >= 15 is 0 Å². The number of amides is 1. The number of hydrogen-bond donors (Lipinski definition) is 1. The third kappa shape index (κ3) is 4.88. The Morgan fingerprint density at radius 2 is 1.36 bits per heavy atom. The van der Waals surface area contributed by atoms with Crippen LogP contribution in [0.5, 0.6) is 23.0 Å². The van der Waals surface area contributed by atoms with Crippen molar-refractivity contribution in [1.82, 2.24) is 5.32 Å². The Hall–Kier alpha value is -2.89. The predicted octanol–water partition coefficient (Wildman–Crippen LogP) is 3.89. The third-order valence-electron chi connectivity index (χ3n) is 4.77. The van der Waals surface area contributed by atoms with Crippen LogP contribution in [0.1, 0.15) is 35.7 Å². The summed E-state index contributed by atoms with van der Waals surface area (Å²) in [6.07, 6.45) is 0. The summed E-state index contributed by atoms with van der Waals surface area (Å²) in [4.78, 5) is 12.6. The Kier molecular flexibility index (Phi) is 7.55. The molecule has 0 aliphatic heterocycles. The van der Waals surface area contributed by atoms with Crippen molar-refractivity contribution in [2.45, 2.75) is 19.8 Å². The van der Waals surface area contributed by atoms with E-state index in [0.29, 0.717) is 41.0 Å². The molecule has 6 heteroatoms. The predicted molar refractivity (Wildman–Crippen MR) is 109 cm³/mol. The molecule has 1 unspecified atom stereocenters. The van der Waals surface area contributed by atoms with Gasteiger partial charge in [0.15, 0.2) is 23.0 Å². The van der Waals surface area contributed by atoms with Crippen LogP contribution in [0.4, 0.5) is 0 Å². The Morgan fingerprint density at radius 3 is 1.89 bits per heavy atom. The van der Waals surface area contributed by atoms with Crippen LogP contribution < -0.4 is 24.3 Å². The fourth-order valence-electron chi connectivity index (χ4n) is 3.10. The van der Waals surface area contributed by atoms with Crippen molar-refractivity contribution in [3.05, 3.63) is 47.5 Å². The minimum atomic E-state index is -0.160. The summed E-state index contributed by atoms with van der Waals surface area (Å²) in [6.45, 7) is 4.76. The maximum absolute atomic E-state index is 12.6. The van der Waals surface area contributed by atoms with Gasteiger partial charge in [0.25, 0.3) is 5.91 Å². The number of benzene rings is 2. The van der Waals surface area contributed by atoms with Crippen LogP contribution >= 0.6 is 0 Å². The number of methoxy groups -OCH3 is 4. The highest BCUT2D eigenvalue weighted by molar-refractivity contribution is 5.94. The lowest BCUT2D eigenvalue weighted by Gasteiger charge is -2.23. The van der Waals surface area contributed by atoms with Crippen molar-refractivity contribution in [2.75, 3.05) is 35.0 Å². The summed E-state index contributed by atoms with van der Waals surface area (Å²) >= 11 is 0. The molecule has 0 heterocycles. The van der Waals surface area contributed by atoms with Gasteiger partial charge in [-0.1, -0.05) is 19.9 Å². The van der Waals surface area contributed by atoms with E-state index in [4.69, 9.17) is 18.9 Å². The fraction of sp³-hybridized carbons (Fsp3) is 0.409. The highest BCUT2D eigenvalue weighted by Gasteiger charge is 2.20. The fourth-order valence-corrected chi connectivity index (χ4v) is 3.10. The van der Waals surface area contributed by atoms with E-state index in [9.17, 15) is 4.79 Å². The monoisotopic (exact) mass is 387 g/mol. The molecule has 0 radical (unpaired) electrons. The van der Waals surface area contributed by atoms with Crippen LogP contribution in [0.15, 0.2) is 36.4 Å². The molecule has 0 aliphatic rings. The molecule has 0 fully saturated rings. The van der Waals surface area contributed by atoms with Crippen molar-refractivity contribution in [3.63, 3.8) is 0 Å². The van der Waals surface area contributed by atoms with Crippen molar-refractivity contribution in [1.29, 1.82) is 0 Å². The van der Waals surface area contributed by atoms with E-state index in [-0.39, 0.29) is 11.8 Å². The van der Waals surface area contributed by atoms with E-state index in [2.05, 4.69) is 19.2 Å². The molecule has 2 rings (SSSR count). The molecule has 0 spiro atoms. The molecule has 0 saturated heterocycles. The number of nitrogens with one attached hydrogen (secondary N) is 1. The third-order valence-corrected chi connectivity index (χ3v) is 4.77. The number of carbonyl (C=O) groups is 1. The van der Waals surface area contributed by atoms with E-state index in [0.717, 1.165) is 5.56 Å². The highest BCUT2D eigenvalue weighted by atomic mass is 16.5. The molecule has 2 aromatic rings. The molecule has 2 aromatic carbocycles. The Labute approximate surface area is 166 Å². The van der Waals surface area contributed by atoms with Crippen molar-refractivity contribution >= 4 is 5.91 Å². The molecule has 28 heavy (non-hydrogen) atoms. The molecule has 0 aliphatic carbocycles. The lowest BCUT2D eigenvalue weighted by atomic mass is 9.88. The van der Waals surface area contributed by atoms with E-state index in [1.807, 2.05) is 18.2 Å². The molecule has 1 N–H and O–H groups in total. The molecule has 1 amide bonds. The Morgan fingerprint density at radius 1 is 0.821 bits per heavy atom. The summed E-state index contributed by atoms with van der Waals surface area (Å²) in [5, 5.41) is 3.03. The van der Waals surface area contributed by atoms with Gasteiger partial charge in [0.2, 0.25) is 0 Å². The average molecular weight is 387 g/mol. The zero-order valence-electron chi connectivity index (χ0n) is 17.4. The topological polar surface area (TPSA) is 66.0 Å². The summed E-state index contributed by atoms with van der Waals surface area (Å²) in [6, 6.07) is 11.0. The Balaban J connectivity index is 2.16. The summed E-state index contributed by atoms with van der Waals surface area (Å²) in [5.41, 5.74) is 1.60. The normalized spacial score (nSPS) is 11.7. The summed E-state index contributed by atoms with van der Waals surface area (Å²) in [5.74, 6) is 2.76. The van der Waals surface area contributed by atoms with Gasteiger partial charge in [-0.2, -0.15) is 0 Å². The van der Waals surface area contributed by atoms with Crippen molar-refractivity contribution < 1.29 is 23.7 Å². The van der Waals surface area contributed by atoms with E-state index in [1.54, 1.807) is 46.6 Å². The quantitative estimate of drug-likeness (QED) is 0.707. The molecular weight excluding hydrogens is 358 g/mol. The van der Waals surface area contributed by atoms with Crippen LogP contribution in [-0.2, 0) is 0 Å². The largest absolute Gasteiger partial charge is 0.493 e. The molecule has 1 atom stereocenters. The standard InChI is InChI=1S/C22H29NO5/c1-14(2)17(15-7-9-18(25-3)20(11-15)27-5)13-23-22(24)16-8-10-19(26-4)21(12-16)28-6/h7-12,14,17H,13H2,1-6H3,(H,23,24). The van der Waals surface area contributed by atoms with Gasteiger partial charge >= 0.3 is 0 Å². The van der Waals surface area contributed by atoms with Crippen LogP contribution in [0.25, 0.3) is 0 Å².